The molecule has 0 aromatic heterocycles. The molecule has 6 nitrogen and oxygen atoms in total. The van der Waals surface area contributed by atoms with Crippen molar-refractivity contribution in [1.82, 2.24) is 15.1 Å². The number of nitrogens with zero attached hydrogens (tertiary/aromatic N) is 2. The fraction of sp³-hybridized carbons (Fsp3) is 0.462. The van der Waals surface area contributed by atoms with E-state index in [0.717, 1.165) is 31.4 Å². The van der Waals surface area contributed by atoms with Crippen molar-refractivity contribution in [2.45, 2.75) is 44.3 Å². The summed E-state index contributed by atoms with van der Waals surface area (Å²) < 4.78 is 13.4. The number of carbonyl (C=O) groups is 2. The first-order valence-corrected chi connectivity index (χ1v) is 11.9. The van der Waals surface area contributed by atoms with Gasteiger partial charge in [-0.25, -0.2) is 4.39 Å². The van der Waals surface area contributed by atoms with E-state index < -0.39 is 6.04 Å². The van der Waals surface area contributed by atoms with Gasteiger partial charge in [-0.1, -0.05) is 42.5 Å². The SMILES string of the molecule is NCCNC(=O)C1CC(N(CCc2ccccc2)Cc2ccc(F)cc2)CN1C(=O)C1CC1. The van der Waals surface area contributed by atoms with Gasteiger partial charge in [0, 0.05) is 44.7 Å². The van der Waals surface area contributed by atoms with Crippen LogP contribution in [0.25, 0.3) is 0 Å². The van der Waals surface area contributed by atoms with Crippen LogP contribution in [0.3, 0.4) is 0 Å². The maximum Gasteiger partial charge on any atom is 0.242 e. The Kier molecular flexibility index (Phi) is 7.73. The van der Waals surface area contributed by atoms with E-state index in [4.69, 9.17) is 5.73 Å². The molecule has 4 rings (SSSR count). The number of carbonyl (C=O) groups excluding carboxylic acids is 2. The lowest BCUT2D eigenvalue weighted by Gasteiger charge is -2.29. The summed E-state index contributed by atoms with van der Waals surface area (Å²) in [6.07, 6.45) is 3.26. The van der Waals surface area contributed by atoms with E-state index in [0.29, 0.717) is 32.6 Å². The fourth-order valence-electron chi connectivity index (χ4n) is 4.58. The van der Waals surface area contributed by atoms with Gasteiger partial charge in [0.15, 0.2) is 0 Å². The van der Waals surface area contributed by atoms with E-state index in [9.17, 15) is 14.0 Å². The molecule has 1 saturated carbocycles. The Balaban J connectivity index is 1.52. The number of hydrogen-bond acceptors (Lipinski definition) is 4. The van der Waals surface area contributed by atoms with E-state index in [1.807, 2.05) is 18.2 Å². The Morgan fingerprint density at radius 2 is 1.79 bits per heavy atom. The summed E-state index contributed by atoms with van der Waals surface area (Å²) in [4.78, 5) is 30.0. The minimum Gasteiger partial charge on any atom is -0.353 e. The molecule has 3 N–H and O–H groups in total. The Morgan fingerprint density at radius 1 is 1.06 bits per heavy atom. The second kappa shape index (κ2) is 10.9. The Labute approximate surface area is 194 Å². The number of nitrogens with two attached hydrogens (primary N) is 1. The van der Waals surface area contributed by atoms with Crippen LogP contribution in [0.4, 0.5) is 4.39 Å². The van der Waals surface area contributed by atoms with Gasteiger partial charge in [0.25, 0.3) is 0 Å². The molecule has 0 radical (unpaired) electrons. The largest absolute Gasteiger partial charge is 0.353 e. The molecule has 2 aromatic carbocycles. The van der Waals surface area contributed by atoms with E-state index in [-0.39, 0.29) is 29.6 Å². The van der Waals surface area contributed by atoms with Crippen molar-refractivity contribution in [2.75, 3.05) is 26.2 Å². The zero-order valence-corrected chi connectivity index (χ0v) is 19.0. The van der Waals surface area contributed by atoms with Gasteiger partial charge < -0.3 is 16.0 Å². The van der Waals surface area contributed by atoms with Gasteiger partial charge in [0.1, 0.15) is 11.9 Å². The topological polar surface area (TPSA) is 78.7 Å². The smallest absolute Gasteiger partial charge is 0.242 e. The number of nitrogens with one attached hydrogen (secondary N) is 1. The molecule has 2 fully saturated rings. The van der Waals surface area contributed by atoms with Crippen LogP contribution in [0, 0.1) is 11.7 Å². The van der Waals surface area contributed by atoms with Crippen LogP contribution < -0.4 is 11.1 Å². The summed E-state index contributed by atoms with van der Waals surface area (Å²) >= 11 is 0. The highest BCUT2D eigenvalue weighted by molar-refractivity contribution is 5.90. The third-order valence-electron chi connectivity index (χ3n) is 6.58. The van der Waals surface area contributed by atoms with Crippen LogP contribution >= 0.6 is 0 Å². The molecule has 2 aliphatic rings. The Bertz CT molecular complexity index is 933. The first kappa shape index (κ1) is 23.4. The van der Waals surface area contributed by atoms with Crippen LogP contribution in [0.15, 0.2) is 54.6 Å². The fourth-order valence-corrected chi connectivity index (χ4v) is 4.58. The minimum atomic E-state index is -0.470. The molecule has 1 saturated heterocycles. The van der Waals surface area contributed by atoms with Crippen LogP contribution in [-0.4, -0.2) is 59.9 Å². The zero-order chi connectivity index (χ0) is 23.2. The molecule has 0 bridgehead atoms. The van der Waals surface area contributed by atoms with Crippen molar-refractivity contribution in [3.8, 4) is 0 Å². The number of amides is 2. The number of hydrogen-bond donors (Lipinski definition) is 2. The van der Waals surface area contributed by atoms with Crippen LogP contribution in [0.5, 0.6) is 0 Å². The predicted octanol–water partition coefficient (Wildman–Crippen LogP) is 2.32. The molecular weight excluding hydrogens is 419 g/mol. The lowest BCUT2D eigenvalue weighted by atomic mass is 10.1. The summed E-state index contributed by atoms with van der Waals surface area (Å²) in [7, 11) is 0. The Morgan fingerprint density at radius 3 is 2.45 bits per heavy atom. The molecule has 1 aliphatic carbocycles. The van der Waals surface area contributed by atoms with E-state index in [1.165, 1.54) is 17.7 Å². The number of halogens is 1. The summed E-state index contributed by atoms with van der Waals surface area (Å²) in [5, 5.41) is 2.87. The van der Waals surface area contributed by atoms with Crippen molar-refractivity contribution in [3.63, 3.8) is 0 Å². The van der Waals surface area contributed by atoms with Gasteiger partial charge in [-0.15, -0.1) is 0 Å². The monoisotopic (exact) mass is 452 g/mol. The average molecular weight is 453 g/mol. The number of likely N-dealkylation sites (tertiary alicyclic amines) is 1. The molecule has 2 aromatic rings. The first-order chi connectivity index (χ1) is 16.0. The molecular formula is C26H33FN4O2. The maximum atomic E-state index is 13.4. The summed E-state index contributed by atoms with van der Waals surface area (Å²) in [6, 6.07) is 16.4. The second-order valence-electron chi connectivity index (χ2n) is 9.08. The molecule has 33 heavy (non-hydrogen) atoms. The normalized spacial score (nSPS) is 20.3. The van der Waals surface area contributed by atoms with Crippen LogP contribution in [-0.2, 0) is 22.6 Å². The molecule has 2 amide bonds. The van der Waals surface area contributed by atoms with Crippen molar-refractivity contribution >= 4 is 11.8 Å². The van der Waals surface area contributed by atoms with E-state index in [1.54, 1.807) is 17.0 Å². The van der Waals surface area contributed by atoms with Gasteiger partial charge in [-0.05, 0) is 48.9 Å². The van der Waals surface area contributed by atoms with Gasteiger partial charge in [0.05, 0.1) is 0 Å². The molecule has 2 atom stereocenters. The second-order valence-corrected chi connectivity index (χ2v) is 9.08. The summed E-state index contributed by atoms with van der Waals surface area (Å²) in [6.45, 7) is 2.73. The van der Waals surface area contributed by atoms with Crippen LogP contribution in [0.1, 0.15) is 30.4 Å². The van der Waals surface area contributed by atoms with Gasteiger partial charge in [0.2, 0.25) is 11.8 Å². The summed E-state index contributed by atoms with van der Waals surface area (Å²) in [5.41, 5.74) is 7.82. The highest BCUT2D eigenvalue weighted by Crippen LogP contribution is 2.35. The third kappa shape index (κ3) is 6.18. The lowest BCUT2D eigenvalue weighted by molar-refractivity contribution is -0.139. The van der Waals surface area contributed by atoms with Crippen LogP contribution in [0.2, 0.25) is 0 Å². The van der Waals surface area contributed by atoms with E-state index in [2.05, 4.69) is 22.3 Å². The van der Waals surface area contributed by atoms with Crippen molar-refractivity contribution < 1.29 is 14.0 Å². The maximum absolute atomic E-state index is 13.4. The molecule has 0 spiro atoms. The van der Waals surface area contributed by atoms with Crippen molar-refractivity contribution in [2.24, 2.45) is 11.7 Å². The van der Waals surface area contributed by atoms with Crippen molar-refractivity contribution in [3.05, 3.63) is 71.5 Å². The van der Waals surface area contributed by atoms with E-state index >= 15 is 0 Å². The molecule has 1 aliphatic heterocycles. The van der Waals surface area contributed by atoms with Gasteiger partial charge in [-0.3, -0.25) is 14.5 Å². The molecule has 7 heteroatoms. The number of benzene rings is 2. The summed E-state index contributed by atoms with van der Waals surface area (Å²) in [5.74, 6) is -0.228. The van der Waals surface area contributed by atoms with Gasteiger partial charge in [-0.2, -0.15) is 0 Å². The van der Waals surface area contributed by atoms with Gasteiger partial charge >= 0.3 is 0 Å². The Hall–Kier alpha value is -2.77. The quantitative estimate of drug-likeness (QED) is 0.580. The predicted molar refractivity (Wildman–Crippen MR) is 126 cm³/mol. The third-order valence-corrected chi connectivity index (χ3v) is 6.58. The molecule has 1 heterocycles. The standard InChI is InChI=1S/C26H33FN4O2/c27-22-10-6-20(7-11-22)17-30(15-12-19-4-2-1-3-5-19)23-16-24(25(32)29-14-13-28)31(18-23)26(33)21-8-9-21/h1-7,10-11,21,23-24H,8-9,12-18,28H2,(H,29,32). The zero-order valence-electron chi connectivity index (χ0n) is 19.0. The molecule has 2 unspecified atom stereocenters. The highest BCUT2D eigenvalue weighted by atomic mass is 19.1. The number of rotatable bonds is 10. The highest BCUT2D eigenvalue weighted by Gasteiger charge is 2.45. The average Bonchev–Trinajstić information content (AvgIpc) is 3.60. The van der Waals surface area contributed by atoms with Crippen molar-refractivity contribution in [1.29, 1.82) is 0 Å². The first-order valence-electron chi connectivity index (χ1n) is 11.9. The lowest BCUT2D eigenvalue weighted by Crippen LogP contribution is -2.47. The minimum absolute atomic E-state index is 0.0510. The molecule has 176 valence electrons.